The Hall–Kier alpha value is -2.51. The number of carboxylic acids is 1. The molecular weight excluding hydrogens is 288 g/mol. The molecule has 1 amide bonds. The summed E-state index contributed by atoms with van der Waals surface area (Å²) in [6.07, 6.45) is -0.434. The smallest absolute Gasteiger partial charge is 0.326 e. The highest BCUT2D eigenvalue weighted by Gasteiger charge is 2.23. The van der Waals surface area contributed by atoms with Gasteiger partial charge in [0.05, 0.1) is 12.7 Å². The van der Waals surface area contributed by atoms with Crippen molar-refractivity contribution in [2.45, 2.75) is 18.9 Å². The fourth-order valence-electron chi connectivity index (χ4n) is 1.53. The van der Waals surface area contributed by atoms with E-state index in [4.69, 9.17) is 5.11 Å². The number of esters is 1. The van der Waals surface area contributed by atoms with Crippen LogP contribution in [-0.2, 0) is 14.3 Å². The lowest BCUT2D eigenvalue weighted by molar-refractivity contribution is -0.142. The maximum absolute atomic E-state index is 13.4. The molecule has 0 heterocycles. The van der Waals surface area contributed by atoms with Crippen molar-refractivity contribution >= 4 is 17.8 Å². The molecule has 0 aliphatic carbocycles. The third-order valence-corrected chi connectivity index (χ3v) is 2.64. The molecule has 21 heavy (non-hydrogen) atoms. The maximum Gasteiger partial charge on any atom is 0.326 e. The van der Waals surface area contributed by atoms with Crippen LogP contribution in [0.3, 0.4) is 0 Å². The van der Waals surface area contributed by atoms with E-state index in [0.717, 1.165) is 19.2 Å². The minimum atomic E-state index is -1.39. The molecule has 0 bridgehead atoms. The molecule has 0 aliphatic heterocycles. The lowest BCUT2D eigenvalue weighted by atomic mass is 10.1. The molecule has 114 valence electrons. The third kappa shape index (κ3) is 4.83. The Balaban J connectivity index is 2.76. The van der Waals surface area contributed by atoms with Crippen LogP contribution >= 0.6 is 0 Å². The van der Waals surface area contributed by atoms with Gasteiger partial charge in [0.1, 0.15) is 17.7 Å². The zero-order valence-electron chi connectivity index (χ0n) is 11.1. The average molecular weight is 301 g/mol. The Morgan fingerprint density at radius 3 is 2.52 bits per heavy atom. The Labute approximate surface area is 118 Å². The van der Waals surface area contributed by atoms with Gasteiger partial charge in [0.2, 0.25) is 0 Å². The van der Waals surface area contributed by atoms with Crippen LogP contribution in [0.2, 0.25) is 0 Å². The van der Waals surface area contributed by atoms with Crippen molar-refractivity contribution in [2.75, 3.05) is 7.11 Å². The molecule has 8 heteroatoms. The summed E-state index contributed by atoms with van der Waals surface area (Å²) in [6.45, 7) is 0. The summed E-state index contributed by atoms with van der Waals surface area (Å²) in [6, 6.07) is 0.904. The van der Waals surface area contributed by atoms with Crippen molar-refractivity contribution in [3.8, 4) is 0 Å². The van der Waals surface area contributed by atoms with Crippen molar-refractivity contribution in [3.05, 3.63) is 35.4 Å². The highest BCUT2D eigenvalue weighted by Crippen LogP contribution is 2.10. The molecule has 1 aromatic carbocycles. The first-order valence-electron chi connectivity index (χ1n) is 5.90. The molecule has 6 nitrogen and oxygen atoms in total. The van der Waals surface area contributed by atoms with Gasteiger partial charge in [-0.2, -0.15) is 0 Å². The van der Waals surface area contributed by atoms with Crippen LogP contribution in [0.25, 0.3) is 0 Å². The molecule has 1 rings (SSSR count). The summed E-state index contributed by atoms with van der Waals surface area (Å²) in [7, 11) is 1.14. The van der Waals surface area contributed by atoms with Crippen molar-refractivity contribution in [2.24, 2.45) is 0 Å². The molecule has 2 N–H and O–H groups in total. The van der Waals surface area contributed by atoms with Crippen LogP contribution in [0.1, 0.15) is 23.2 Å². The summed E-state index contributed by atoms with van der Waals surface area (Å²) in [5.74, 6) is -4.99. The molecule has 0 aliphatic rings. The normalized spacial score (nSPS) is 11.6. The van der Waals surface area contributed by atoms with Crippen LogP contribution in [-0.4, -0.2) is 36.1 Å². The van der Waals surface area contributed by atoms with Gasteiger partial charge < -0.3 is 15.2 Å². The molecule has 0 aromatic heterocycles. The molecule has 0 fully saturated rings. The van der Waals surface area contributed by atoms with Gasteiger partial charge in [-0.1, -0.05) is 0 Å². The summed E-state index contributed by atoms with van der Waals surface area (Å²) in [5, 5.41) is 11.0. The van der Waals surface area contributed by atoms with Crippen LogP contribution in [0.4, 0.5) is 8.78 Å². The van der Waals surface area contributed by atoms with E-state index < -0.39 is 41.1 Å². The predicted molar refractivity (Wildman–Crippen MR) is 66.5 cm³/mol. The molecule has 0 radical (unpaired) electrons. The minimum absolute atomic E-state index is 0.212. The highest BCUT2D eigenvalue weighted by atomic mass is 19.1. The number of carbonyl (C=O) groups excluding carboxylic acids is 2. The number of carboxylic acid groups (broad SMARTS) is 1. The van der Waals surface area contributed by atoms with Gasteiger partial charge in [0.25, 0.3) is 5.91 Å². The molecule has 1 atom stereocenters. The van der Waals surface area contributed by atoms with E-state index in [1.807, 2.05) is 0 Å². The van der Waals surface area contributed by atoms with Gasteiger partial charge in [-0.3, -0.25) is 9.59 Å². The van der Waals surface area contributed by atoms with E-state index in [-0.39, 0.29) is 12.8 Å². The quantitative estimate of drug-likeness (QED) is 0.768. The molecule has 0 saturated carbocycles. The van der Waals surface area contributed by atoms with Crippen molar-refractivity contribution < 1.29 is 33.0 Å². The van der Waals surface area contributed by atoms with Gasteiger partial charge in [-0.25, -0.2) is 13.6 Å². The number of halogens is 2. The Kier molecular flexibility index (Phi) is 5.77. The van der Waals surface area contributed by atoms with Crippen molar-refractivity contribution in [1.29, 1.82) is 0 Å². The second-order valence-corrected chi connectivity index (χ2v) is 4.10. The summed E-state index contributed by atoms with van der Waals surface area (Å²) >= 11 is 0. The van der Waals surface area contributed by atoms with E-state index in [0.29, 0.717) is 6.07 Å². The monoisotopic (exact) mass is 301 g/mol. The van der Waals surface area contributed by atoms with Gasteiger partial charge in [-0.05, 0) is 18.6 Å². The Bertz CT molecular complexity index is 561. The first kappa shape index (κ1) is 16.5. The summed E-state index contributed by atoms with van der Waals surface area (Å²) in [5.41, 5.74) is -0.485. The number of hydrogen-bond acceptors (Lipinski definition) is 4. The number of rotatable bonds is 6. The molecule has 0 saturated heterocycles. The predicted octanol–water partition coefficient (Wildman–Crippen LogP) is 1.10. The van der Waals surface area contributed by atoms with Gasteiger partial charge in [-0.15, -0.1) is 0 Å². The molecule has 0 unspecified atom stereocenters. The second-order valence-electron chi connectivity index (χ2n) is 4.10. The van der Waals surface area contributed by atoms with Gasteiger partial charge >= 0.3 is 11.9 Å². The first-order chi connectivity index (χ1) is 9.85. The number of hydrogen-bond donors (Lipinski definition) is 2. The van der Waals surface area contributed by atoms with Gasteiger partial charge in [0.15, 0.2) is 0 Å². The van der Waals surface area contributed by atoms with E-state index >= 15 is 0 Å². The summed E-state index contributed by atoms with van der Waals surface area (Å²) in [4.78, 5) is 33.7. The Morgan fingerprint density at radius 1 is 1.33 bits per heavy atom. The first-order valence-corrected chi connectivity index (χ1v) is 5.90. The summed E-state index contributed by atoms with van der Waals surface area (Å²) < 4.78 is 30.5. The van der Waals surface area contributed by atoms with E-state index in [2.05, 4.69) is 10.1 Å². The van der Waals surface area contributed by atoms with E-state index in [9.17, 15) is 23.2 Å². The number of ether oxygens (including phenoxy) is 1. The van der Waals surface area contributed by atoms with E-state index in [1.54, 1.807) is 0 Å². The molecule has 1 aromatic rings. The van der Waals surface area contributed by atoms with E-state index in [1.165, 1.54) is 0 Å². The number of methoxy groups -OCH3 is 1. The second kappa shape index (κ2) is 7.32. The number of carbonyl (C=O) groups is 3. The highest BCUT2D eigenvalue weighted by molar-refractivity contribution is 5.96. The molecule has 0 spiro atoms. The lowest BCUT2D eigenvalue weighted by Crippen LogP contribution is -2.41. The van der Waals surface area contributed by atoms with Crippen molar-refractivity contribution in [3.63, 3.8) is 0 Å². The lowest BCUT2D eigenvalue weighted by Gasteiger charge is -2.14. The van der Waals surface area contributed by atoms with Crippen molar-refractivity contribution in [1.82, 2.24) is 5.32 Å². The Morgan fingerprint density at radius 2 is 2.00 bits per heavy atom. The molecular formula is C13H13F2NO5. The van der Waals surface area contributed by atoms with Crippen LogP contribution in [0, 0.1) is 11.6 Å². The number of amides is 1. The zero-order valence-corrected chi connectivity index (χ0v) is 11.1. The van der Waals surface area contributed by atoms with Gasteiger partial charge in [0, 0.05) is 12.5 Å². The largest absolute Gasteiger partial charge is 0.480 e. The number of benzene rings is 1. The fourth-order valence-corrected chi connectivity index (χ4v) is 1.53. The minimum Gasteiger partial charge on any atom is -0.480 e. The SMILES string of the molecule is COC(=O)CC[C@@H](NC(=O)c1ccc(F)cc1F)C(=O)O. The van der Waals surface area contributed by atoms with Crippen LogP contribution in [0.15, 0.2) is 18.2 Å². The zero-order chi connectivity index (χ0) is 16.0. The third-order valence-electron chi connectivity index (χ3n) is 2.64. The fraction of sp³-hybridized carbons (Fsp3) is 0.308. The number of aliphatic carboxylic acids is 1. The standard InChI is InChI=1S/C13H13F2NO5/c1-21-11(17)5-4-10(13(19)20)16-12(18)8-3-2-7(14)6-9(8)15/h2-3,6,10H,4-5H2,1H3,(H,16,18)(H,19,20)/t10-/m1/s1. The maximum atomic E-state index is 13.4. The topological polar surface area (TPSA) is 92.7 Å². The van der Waals surface area contributed by atoms with Crippen LogP contribution in [0.5, 0.6) is 0 Å². The number of nitrogens with one attached hydrogen (secondary N) is 1. The van der Waals surface area contributed by atoms with Crippen LogP contribution < -0.4 is 5.32 Å². The average Bonchev–Trinajstić information content (AvgIpc) is 2.42.